The van der Waals surface area contributed by atoms with E-state index < -0.39 is 46.4 Å². The van der Waals surface area contributed by atoms with Crippen molar-refractivity contribution in [3.63, 3.8) is 0 Å². The molecule has 0 bridgehead atoms. The SMILES string of the molecule is COC[C@H]1CN(c2ccc(OCC3(O)CCN(c4cc5c(cc4F)c(=O)c(C(=O)O)cn5C4CC4)CC3)c(F)c2)C(=O)O1. The lowest BCUT2D eigenvalue weighted by atomic mass is 9.92. The Morgan fingerprint density at radius 3 is 2.51 bits per heavy atom. The third-order valence-electron chi connectivity index (χ3n) is 8.26. The van der Waals surface area contributed by atoms with Crippen molar-refractivity contribution >= 4 is 34.3 Å². The molecule has 0 radical (unpaired) electrons. The number of hydrogen-bond acceptors (Lipinski definition) is 8. The number of carboxylic acid groups (broad SMARTS) is 1. The summed E-state index contributed by atoms with van der Waals surface area (Å²) >= 11 is 0. The lowest BCUT2D eigenvalue weighted by Gasteiger charge is -2.39. The van der Waals surface area contributed by atoms with Gasteiger partial charge in [0.25, 0.3) is 0 Å². The lowest BCUT2D eigenvalue weighted by molar-refractivity contribution is -0.0250. The number of ether oxygens (including phenoxy) is 3. The van der Waals surface area contributed by atoms with E-state index in [4.69, 9.17) is 14.2 Å². The van der Waals surface area contributed by atoms with E-state index in [1.165, 1.54) is 36.4 Å². The number of benzene rings is 2. The largest absolute Gasteiger partial charge is 0.488 e. The quantitative estimate of drug-likeness (QED) is 0.378. The van der Waals surface area contributed by atoms with E-state index in [-0.39, 0.29) is 68.6 Å². The maximum Gasteiger partial charge on any atom is 0.414 e. The van der Waals surface area contributed by atoms with Crippen LogP contribution >= 0.6 is 0 Å². The van der Waals surface area contributed by atoms with Crippen LogP contribution in [0.1, 0.15) is 42.1 Å². The zero-order valence-electron chi connectivity index (χ0n) is 23.4. The summed E-state index contributed by atoms with van der Waals surface area (Å²) in [5, 5.41) is 20.6. The molecule has 2 saturated heterocycles. The van der Waals surface area contributed by atoms with Crippen LogP contribution in [0.5, 0.6) is 5.75 Å². The number of cyclic esters (lactones) is 1. The first-order valence-corrected chi connectivity index (χ1v) is 14.1. The minimum Gasteiger partial charge on any atom is -0.488 e. The number of carbonyl (C=O) groups is 2. The molecule has 13 heteroatoms. The van der Waals surface area contributed by atoms with Crippen molar-refractivity contribution in [3.05, 3.63) is 63.9 Å². The number of piperidine rings is 1. The highest BCUT2D eigenvalue weighted by molar-refractivity contribution is 5.93. The first kappa shape index (κ1) is 28.9. The number of methoxy groups -OCH3 is 1. The Hall–Kier alpha value is -4.23. The molecule has 3 fully saturated rings. The number of amides is 1. The molecular formula is C30H31F2N3O8. The summed E-state index contributed by atoms with van der Waals surface area (Å²) in [5.74, 6) is -2.80. The number of carbonyl (C=O) groups excluding carboxylic acids is 1. The predicted molar refractivity (Wildman–Crippen MR) is 151 cm³/mol. The van der Waals surface area contributed by atoms with Crippen LogP contribution in [0, 0.1) is 11.6 Å². The Balaban J connectivity index is 1.13. The second-order valence-corrected chi connectivity index (χ2v) is 11.3. The molecule has 6 rings (SSSR count). The van der Waals surface area contributed by atoms with E-state index in [2.05, 4.69) is 0 Å². The van der Waals surface area contributed by atoms with Crippen molar-refractivity contribution in [2.45, 2.75) is 43.4 Å². The van der Waals surface area contributed by atoms with Gasteiger partial charge in [0, 0.05) is 43.9 Å². The second kappa shape index (κ2) is 11.1. The monoisotopic (exact) mass is 599 g/mol. The highest BCUT2D eigenvalue weighted by Gasteiger charge is 2.36. The van der Waals surface area contributed by atoms with Crippen molar-refractivity contribution in [2.75, 3.05) is 49.8 Å². The first-order valence-electron chi connectivity index (χ1n) is 14.1. The van der Waals surface area contributed by atoms with Gasteiger partial charge in [-0.25, -0.2) is 18.4 Å². The summed E-state index contributed by atoms with van der Waals surface area (Å²) in [5.41, 5.74) is -1.39. The van der Waals surface area contributed by atoms with E-state index in [1.54, 1.807) is 15.5 Å². The van der Waals surface area contributed by atoms with Gasteiger partial charge in [0.1, 0.15) is 29.7 Å². The van der Waals surface area contributed by atoms with Crippen molar-refractivity contribution in [3.8, 4) is 5.75 Å². The molecule has 2 N–H and O–H groups in total. The summed E-state index contributed by atoms with van der Waals surface area (Å²) in [4.78, 5) is 39.6. The van der Waals surface area contributed by atoms with Gasteiger partial charge in [-0.15, -0.1) is 0 Å². The fourth-order valence-corrected chi connectivity index (χ4v) is 5.71. The molecule has 1 amide bonds. The average molecular weight is 600 g/mol. The second-order valence-electron chi connectivity index (χ2n) is 11.3. The zero-order chi connectivity index (χ0) is 30.5. The van der Waals surface area contributed by atoms with Crippen LogP contribution in [-0.4, -0.2) is 78.5 Å². The third kappa shape index (κ3) is 5.62. The van der Waals surface area contributed by atoms with Gasteiger partial charge in [0.2, 0.25) is 5.43 Å². The van der Waals surface area contributed by atoms with Crippen molar-refractivity contribution < 1.29 is 42.8 Å². The van der Waals surface area contributed by atoms with Crippen molar-refractivity contribution in [2.24, 2.45) is 0 Å². The molecule has 43 heavy (non-hydrogen) atoms. The molecule has 1 aromatic heterocycles. The highest BCUT2D eigenvalue weighted by atomic mass is 19.1. The Morgan fingerprint density at radius 2 is 1.86 bits per heavy atom. The Kier molecular flexibility index (Phi) is 7.46. The lowest BCUT2D eigenvalue weighted by Crippen LogP contribution is -2.48. The fraction of sp³-hybridized carbons (Fsp3) is 0.433. The Morgan fingerprint density at radius 1 is 1.12 bits per heavy atom. The van der Waals surface area contributed by atoms with Gasteiger partial charge in [-0.3, -0.25) is 9.69 Å². The number of aliphatic hydroxyl groups is 1. The number of anilines is 2. The van der Waals surface area contributed by atoms with Gasteiger partial charge in [-0.2, -0.15) is 0 Å². The average Bonchev–Trinajstić information content (AvgIpc) is 3.75. The molecule has 2 aliphatic heterocycles. The molecule has 3 aliphatic rings. The van der Waals surface area contributed by atoms with Gasteiger partial charge in [-0.1, -0.05) is 0 Å². The van der Waals surface area contributed by atoms with Gasteiger partial charge in [-0.05, 0) is 49.9 Å². The summed E-state index contributed by atoms with van der Waals surface area (Å²) < 4.78 is 47.8. The smallest absolute Gasteiger partial charge is 0.414 e. The van der Waals surface area contributed by atoms with Crippen molar-refractivity contribution in [1.29, 1.82) is 0 Å². The first-order chi connectivity index (χ1) is 20.6. The van der Waals surface area contributed by atoms with Crippen LogP contribution in [0.3, 0.4) is 0 Å². The Labute approximate surface area is 244 Å². The minimum atomic E-state index is -1.36. The summed E-state index contributed by atoms with van der Waals surface area (Å²) in [6.45, 7) is 0.791. The molecule has 2 aromatic carbocycles. The summed E-state index contributed by atoms with van der Waals surface area (Å²) in [6, 6.07) is 6.80. The number of carboxylic acids is 1. The highest BCUT2D eigenvalue weighted by Crippen LogP contribution is 2.39. The maximum atomic E-state index is 15.3. The predicted octanol–water partition coefficient (Wildman–Crippen LogP) is 3.69. The number of aromatic carboxylic acids is 1. The van der Waals surface area contributed by atoms with E-state index in [1.807, 2.05) is 0 Å². The Bertz CT molecular complexity index is 1650. The van der Waals surface area contributed by atoms with Crippen LogP contribution in [0.15, 0.2) is 41.3 Å². The fourth-order valence-electron chi connectivity index (χ4n) is 5.71. The van der Waals surface area contributed by atoms with E-state index in [0.29, 0.717) is 11.2 Å². The third-order valence-corrected chi connectivity index (χ3v) is 8.26. The molecular weight excluding hydrogens is 568 g/mol. The standard InChI is InChI=1S/C30H31F2N3O8/c1-41-15-19-13-35(29(39)43-19)18-4-5-26(23(32)10-18)42-16-30(40)6-8-33(9-7-30)25-12-24-20(11-22(25)31)27(36)21(28(37)38)14-34(24)17-2-3-17/h4-5,10-12,14,17,19,40H,2-3,6-9,13,15-16H2,1H3,(H,37,38)/t19-/m1/s1. The molecule has 0 spiro atoms. The normalized spacial score (nSPS) is 20.0. The molecule has 1 aliphatic carbocycles. The van der Waals surface area contributed by atoms with Gasteiger partial charge >= 0.3 is 12.1 Å². The number of halogens is 2. The molecule has 0 unspecified atom stereocenters. The molecule has 11 nitrogen and oxygen atoms in total. The molecule has 3 heterocycles. The maximum absolute atomic E-state index is 15.3. The summed E-state index contributed by atoms with van der Waals surface area (Å²) in [6.07, 6.45) is 2.37. The van der Waals surface area contributed by atoms with Crippen LogP contribution in [-0.2, 0) is 9.47 Å². The molecule has 1 atom stereocenters. The van der Waals surface area contributed by atoms with Gasteiger partial charge in [0.05, 0.1) is 30.0 Å². The van der Waals surface area contributed by atoms with Gasteiger partial charge < -0.3 is 33.9 Å². The molecule has 228 valence electrons. The number of pyridine rings is 1. The zero-order valence-corrected chi connectivity index (χ0v) is 23.4. The van der Waals surface area contributed by atoms with Crippen LogP contribution in [0.2, 0.25) is 0 Å². The number of nitrogens with zero attached hydrogens (tertiary/aromatic N) is 3. The van der Waals surface area contributed by atoms with E-state index >= 15 is 4.39 Å². The number of aromatic nitrogens is 1. The van der Waals surface area contributed by atoms with Crippen LogP contribution < -0.4 is 20.0 Å². The van der Waals surface area contributed by atoms with Gasteiger partial charge in [0.15, 0.2) is 11.6 Å². The summed E-state index contributed by atoms with van der Waals surface area (Å²) in [7, 11) is 1.50. The number of rotatable bonds is 9. The molecule has 3 aromatic rings. The van der Waals surface area contributed by atoms with Crippen LogP contribution in [0.25, 0.3) is 10.9 Å². The van der Waals surface area contributed by atoms with Crippen molar-refractivity contribution in [1.82, 2.24) is 4.57 Å². The minimum absolute atomic E-state index is 0.0134. The van der Waals surface area contributed by atoms with E-state index in [0.717, 1.165) is 18.9 Å². The molecule has 1 saturated carbocycles. The number of hydrogen-bond donors (Lipinski definition) is 2. The number of fused-ring (bicyclic) bond motifs is 1. The van der Waals surface area contributed by atoms with Crippen LogP contribution in [0.4, 0.5) is 25.0 Å². The topological polar surface area (TPSA) is 131 Å². The van der Waals surface area contributed by atoms with E-state index in [9.17, 15) is 29.0 Å².